The topological polar surface area (TPSA) is 26.3 Å². The third-order valence-corrected chi connectivity index (χ3v) is 6.63. The third kappa shape index (κ3) is 6.61. The van der Waals surface area contributed by atoms with Gasteiger partial charge in [-0.2, -0.15) is 0 Å². The van der Waals surface area contributed by atoms with Crippen LogP contribution < -0.4 is 4.74 Å². The zero-order valence-electron chi connectivity index (χ0n) is 17.6. The first kappa shape index (κ1) is 23.4. The number of ether oxygens (including phenoxy) is 1. The molecule has 0 aliphatic heterocycles. The van der Waals surface area contributed by atoms with Gasteiger partial charge in [0.1, 0.15) is 12.4 Å². The molecule has 0 aromatic heterocycles. The van der Waals surface area contributed by atoms with Crippen molar-refractivity contribution in [3.63, 3.8) is 0 Å². The average molecular weight is 536 g/mol. The van der Waals surface area contributed by atoms with E-state index < -0.39 is 0 Å². The lowest BCUT2D eigenvalue weighted by Gasteiger charge is -2.12. The average Bonchev–Trinajstić information content (AvgIpc) is 2.85. The van der Waals surface area contributed by atoms with E-state index in [1.807, 2.05) is 84.9 Å². The normalized spacial score (nSPS) is 11.3. The molecule has 0 aliphatic rings. The van der Waals surface area contributed by atoms with Crippen molar-refractivity contribution in [1.29, 1.82) is 0 Å². The second kappa shape index (κ2) is 11.4. The van der Waals surface area contributed by atoms with Crippen LogP contribution in [0, 0.1) is 0 Å². The van der Waals surface area contributed by atoms with Crippen LogP contribution in [0.4, 0.5) is 0 Å². The van der Waals surface area contributed by atoms with E-state index in [1.165, 1.54) is 11.8 Å². The highest BCUT2D eigenvalue weighted by molar-refractivity contribution is 9.10. The van der Waals surface area contributed by atoms with E-state index in [4.69, 9.17) is 16.3 Å². The Labute approximate surface area is 211 Å². The molecule has 0 radical (unpaired) electrons. The number of carbonyl (C=O) groups is 1. The van der Waals surface area contributed by atoms with Crippen molar-refractivity contribution in [2.24, 2.45) is 0 Å². The van der Waals surface area contributed by atoms with Crippen molar-refractivity contribution in [2.45, 2.75) is 11.5 Å². The van der Waals surface area contributed by atoms with Crippen molar-refractivity contribution >= 4 is 51.2 Å². The Bertz CT molecular complexity index is 1250. The van der Waals surface area contributed by atoms with Gasteiger partial charge in [0.2, 0.25) is 0 Å². The molecule has 0 N–H and O–H groups in total. The molecule has 0 saturated heterocycles. The first-order chi connectivity index (χ1) is 16.1. The summed E-state index contributed by atoms with van der Waals surface area (Å²) in [6, 6.07) is 32.6. The second-order valence-corrected chi connectivity index (χ2v) is 9.68. The zero-order valence-corrected chi connectivity index (χ0v) is 20.7. The molecule has 0 amide bonds. The Morgan fingerprint density at radius 3 is 2.24 bits per heavy atom. The quantitative estimate of drug-likeness (QED) is 0.128. The molecule has 5 heteroatoms. The van der Waals surface area contributed by atoms with Gasteiger partial charge in [-0.1, -0.05) is 87.8 Å². The number of allylic oxidation sites excluding steroid dienone is 1. The van der Waals surface area contributed by atoms with Gasteiger partial charge in [-0.15, -0.1) is 0 Å². The number of Topliss-reactive ketones (excluding diaryl/α,β-unsaturated/α-hetero) is 1. The molecule has 4 aromatic rings. The number of halogens is 2. The predicted molar refractivity (Wildman–Crippen MR) is 141 cm³/mol. The number of rotatable bonds is 8. The van der Waals surface area contributed by atoms with Gasteiger partial charge in [0.25, 0.3) is 0 Å². The van der Waals surface area contributed by atoms with Crippen LogP contribution in [0.1, 0.15) is 21.5 Å². The van der Waals surface area contributed by atoms with Crippen LogP contribution in [0.25, 0.3) is 6.08 Å². The van der Waals surface area contributed by atoms with Crippen molar-refractivity contribution in [3.05, 3.63) is 134 Å². The summed E-state index contributed by atoms with van der Waals surface area (Å²) < 4.78 is 7.09. The Balaban J connectivity index is 1.67. The fourth-order valence-electron chi connectivity index (χ4n) is 3.12. The zero-order chi connectivity index (χ0) is 23.0. The molecule has 0 saturated carbocycles. The number of ketones is 1. The van der Waals surface area contributed by atoms with Crippen LogP contribution in [0.2, 0.25) is 5.02 Å². The summed E-state index contributed by atoms with van der Waals surface area (Å²) in [5.74, 6) is 0.650. The summed E-state index contributed by atoms with van der Waals surface area (Å²) in [5, 5.41) is 0.595. The molecule has 4 rings (SSSR count). The van der Waals surface area contributed by atoms with E-state index >= 15 is 0 Å². The smallest absolute Gasteiger partial charge is 0.199 e. The highest BCUT2D eigenvalue weighted by atomic mass is 79.9. The highest BCUT2D eigenvalue weighted by Gasteiger charge is 2.16. The highest BCUT2D eigenvalue weighted by Crippen LogP contribution is 2.34. The summed E-state index contributed by atoms with van der Waals surface area (Å²) in [4.78, 5) is 15.0. The van der Waals surface area contributed by atoms with Crippen LogP contribution in [-0.2, 0) is 6.61 Å². The first-order valence-corrected chi connectivity index (χ1v) is 12.3. The molecule has 0 atom stereocenters. The molecule has 0 heterocycles. The lowest BCUT2D eigenvalue weighted by atomic mass is 10.1. The van der Waals surface area contributed by atoms with Gasteiger partial charge in [0.05, 0.1) is 4.91 Å². The molecule has 164 valence electrons. The lowest BCUT2D eigenvalue weighted by molar-refractivity contribution is 0.104. The molecule has 4 aromatic carbocycles. The fourth-order valence-corrected chi connectivity index (χ4v) is 4.44. The summed E-state index contributed by atoms with van der Waals surface area (Å²) in [6.45, 7) is 0.450. The van der Waals surface area contributed by atoms with E-state index in [-0.39, 0.29) is 5.78 Å². The summed E-state index contributed by atoms with van der Waals surface area (Å²) in [6.07, 6.45) is 1.89. The van der Waals surface area contributed by atoms with Gasteiger partial charge in [-0.3, -0.25) is 4.79 Å². The molecule has 0 spiro atoms. The van der Waals surface area contributed by atoms with Crippen molar-refractivity contribution < 1.29 is 9.53 Å². The van der Waals surface area contributed by atoms with Crippen molar-refractivity contribution in [2.75, 3.05) is 0 Å². The monoisotopic (exact) mass is 534 g/mol. The largest absolute Gasteiger partial charge is 0.488 e. The number of thioether (sulfide) groups is 1. The standard InChI is InChI=1S/C28H20BrClO2S/c29-23-12-16-25(17-13-23)33-27(28(31)21-10-14-24(30)15-11-21)18-22-8-4-5-9-26(22)32-19-20-6-2-1-3-7-20/h1-18H,19H2. The van der Waals surface area contributed by atoms with E-state index in [2.05, 4.69) is 15.9 Å². The van der Waals surface area contributed by atoms with Crippen molar-refractivity contribution in [3.8, 4) is 5.75 Å². The van der Waals surface area contributed by atoms with Crippen LogP contribution in [0.3, 0.4) is 0 Å². The SMILES string of the molecule is O=C(C(=Cc1ccccc1OCc1ccccc1)Sc1ccc(Br)cc1)c1ccc(Cl)cc1. The van der Waals surface area contributed by atoms with Crippen LogP contribution in [0.5, 0.6) is 5.75 Å². The van der Waals surface area contributed by atoms with Gasteiger partial charge in [-0.05, 0) is 66.2 Å². The Hall–Kier alpha value is -2.79. The Morgan fingerprint density at radius 2 is 1.52 bits per heavy atom. The number of benzene rings is 4. The van der Waals surface area contributed by atoms with Crippen LogP contribution >= 0.6 is 39.3 Å². The van der Waals surface area contributed by atoms with Crippen molar-refractivity contribution in [1.82, 2.24) is 0 Å². The third-order valence-electron chi connectivity index (χ3n) is 4.81. The van der Waals surface area contributed by atoms with Gasteiger partial charge in [-0.25, -0.2) is 0 Å². The Morgan fingerprint density at radius 1 is 0.848 bits per heavy atom. The van der Waals surface area contributed by atoms with Crippen LogP contribution in [0.15, 0.2) is 117 Å². The molecule has 0 unspecified atom stereocenters. The van der Waals surface area contributed by atoms with Gasteiger partial charge < -0.3 is 4.74 Å². The summed E-state index contributed by atoms with van der Waals surface area (Å²) in [7, 11) is 0. The second-order valence-electron chi connectivity index (χ2n) is 7.21. The van der Waals surface area contributed by atoms with E-state index in [1.54, 1.807) is 24.3 Å². The van der Waals surface area contributed by atoms with E-state index in [0.29, 0.717) is 22.1 Å². The molecule has 0 bridgehead atoms. The maximum absolute atomic E-state index is 13.4. The summed E-state index contributed by atoms with van der Waals surface area (Å²) >= 11 is 10.9. The van der Waals surface area contributed by atoms with E-state index in [9.17, 15) is 4.79 Å². The number of hydrogen-bond donors (Lipinski definition) is 0. The molecule has 2 nitrogen and oxygen atoms in total. The minimum Gasteiger partial charge on any atom is -0.488 e. The fraction of sp³-hybridized carbons (Fsp3) is 0.0357. The Kier molecular flexibility index (Phi) is 8.05. The molecular weight excluding hydrogens is 516 g/mol. The maximum atomic E-state index is 13.4. The lowest BCUT2D eigenvalue weighted by Crippen LogP contribution is -2.02. The number of para-hydroxylation sites is 1. The minimum absolute atomic E-state index is 0.0718. The summed E-state index contributed by atoms with van der Waals surface area (Å²) in [5.41, 5.74) is 2.51. The number of carbonyl (C=O) groups excluding carboxylic acids is 1. The van der Waals surface area contributed by atoms with E-state index in [0.717, 1.165) is 26.2 Å². The first-order valence-electron chi connectivity index (χ1n) is 10.3. The molecule has 33 heavy (non-hydrogen) atoms. The predicted octanol–water partition coefficient (Wildman–Crippen LogP) is 8.70. The van der Waals surface area contributed by atoms with Gasteiger partial charge in [0.15, 0.2) is 5.78 Å². The van der Waals surface area contributed by atoms with Gasteiger partial charge in [0, 0.05) is 25.5 Å². The molecule has 0 fully saturated rings. The maximum Gasteiger partial charge on any atom is 0.199 e. The van der Waals surface area contributed by atoms with Gasteiger partial charge >= 0.3 is 0 Å². The molecular formula is C28H20BrClO2S. The molecule has 0 aliphatic carbocycles. The number of hydrogen-bond acceptors (Lipinski definition) is 3. The minimum atomic E-state index is -0.0718. The van der Waals surface area contributed by atoms with Crippen LogP contribution in [-0.4, -0.2) is 5.78 Å².